The topological polar surface area (TPSA) is 124 Å². The molecular formula is C22H22N4O5. The lowest BCUT2D eigenvalue weighted by Gasteiger charge is -2.02. The van der Waals surface area contributed by atoms with Crippen molar-refractivity contribution in [3.05, 3.63) is 72.4 Å². The van der Waals surface area contributed by atoms with E-state index in [1.807, 2.05) is 48.5 Å². The van der Waals surface area contributed by atoms with Crippen molar-refractivity contribution in [2.24, 2.45) is 0 Å². The van der Waals surface area contributed by atoms with Crippen LogP contribution >= 0.6 is 0 Å². The fraction of sp³-hybridized carbons (Fsp3) is 0.227. The molecule has 0 bridgehead atoms. The van der Waals surface area contributed by atoms with Gasteiger partial charge in [-0.3, -0.25) is 4.79 Å². The number of nitrogens with zero attached hydrogens (tertiary/aromatic N) is 4. The minimum atomic E-state index is -0.256. The first-order valence-electron chi connectivity index (χ1n) is 9.61. The maximum Gasteiger partial charge on any atom is 0.302 e. The second-order valence-electron chi connectivity index (χ2n) is 6.47. The molecule has 0 atom stereocenters. The molecule has 0 aliphatic carbocycles. The summed E-state index contributed by atoms with van der Waals surface area (Å²) in [5, 5.41) is 16.2. The fourth-order valence-corrected chi connectivity index (χ4v) is 2.68. The first-order chi connectivity index (χ1) is 15.2. The Morgan fingerprint density at radius 1 is 0.839 bits per heavy atom. The molecule has 0 amide bonds. The Morgan fingerprint density at radius 2 is 1.32 bits per heavy atom. The van der Waals surface area contributed by atoms with E-state index in [0.717, 1.165) is 22.3 Å². The molecule has 0 spiro atoms. The number of rotatable bonds is 7. The Labute approximate surface area is 178 Å². The SMILES string of the molecule is CC(=O)OCCc1ccc(-c2ncon2)cc1.OCCc1ccc(-c2ncon2)cc1. The smallest absolute Gasteiger partial charge is 0.302 e. The van der Waals surface area contributed by atoms with Crippen molar-refractivity contribution in [3.63, 3.8) is 0 Å². The molecule has 2 heterocycles. The van der Waals surface area contributed by atoms with Gasteiger partial charge >= 0.3 is 5.97 Å². The number of aliphatic hydroxyl groups is 1. The Hall–Kier alpha value is -3.85. The van der Waals surface area contributed by atoms with Crippen LogP contribution in [0.15, 0.2) is 70.4 Å². The van der Waals surface area contributed by atoms with Crippen LogP contribution in [0, 0.1) is 0 Å². The third-order valence-corrected chi connectivity index (χ3v) is 4.24. The van der Waals surface area contributed by atoms with Crippen LogP contribution in [0.3, 0.4) is 0 Å². The standard InChI is InChI=1S/C12H12N2O3.C10H10N2O2/c1-9(15)16-7-6-10-2-4-11(5-3-10)12-13-8-17-14-12;13-6-5-8-1-3-9(4-2-8)10-11-7-14-12-10/h2-5,8H,6-7H2,1H3;1-4,7,13H,5-6H2. The van der Waals surface area contributed by atoms with E-state index in [-0.39, 0.29) is 12.6 Å². The lowest BCUT2D eigenvalue weighted by molar-refractivity contribution is -0.140. The molecule has 9 nitrogen and oxygen atoms in total. The molecule has 1 N–H and O–H groups in total. The molecule has 4 rings (SSSR count). The van der Waals surface area contributed by atoms with Crippen LogP contribution in [0.1, 0.15) is 18.1 Å². The summed E-state index contributed by atoms with van der Waals surface area (Å²) in [5.41, 5.74) is 4.01. The van der Waals surface area contributed by atoms with Gasteiger partial charge in [0.15, 0.2) is 0 Å². The quantitative estimate of drug-likeness (QED) is 0.447. The van der Waals surface area contributed by atoms with Gasteiger partial charge in [0.05, 0.1) is 6.61 Å². The first kappa shape index (κ1) is 21.8. The number of hydrogen-bond acceptors (Lipinski definition) is 9. The minimum absolute atomic E-state index is 0.168. The number of benzene rings is 2. The van der Waals surface area contributed by atoms with Crippen LogP contribution in [-0.2, 0) is 22.4 Å². The maximum atomic E-state index is 10.6. The highest BCUT2D eigenvalue weighted by molar-refractivity contribution is 5.65. The van der Waals surface area contributed by atoms with E-state index in [4.69, 9.17) is 9.84 Å². The number of carbonyl (C=O) groups excluding carboxylic acids is 1. The number of aromatic nitrogens is 4. The monoisotopic (exact) mass is 422 g/mol. The largest absolute Gasteiger partial charge is 0.466 e. The number of carbonyl (C=O) groups is 1. The van der Waals surface area contributed by atoms with Gasteiger partial charge in [-0.15, -0.1) is 0 Å². The van der Waals surface area contributed by atoms with E-state index >= 15 is 0 Å². The van der Waals surface area contributed by atoms with Crippen LogP contribution in [0.2, 0.25) is 0 Å². The summed E-state index contributed by atoms with van der Waals surface area (Å²) >= 11 is 0. The molecule has 2 aromatic carbocycles. The summed E-state index contributed by atoms with van der Waals surface area (Å²) in [5.74, 6) is 0.894. The summed E-state index contributed by atoms with van der Waals surface area (Å²) < 4.78 is 14.2. The molecule has 4 aromatic rings. The highest BCUT2D eigenvalue weighted by Crippen LogP contribution is 2.16. The molecule has 0 aliphatic rings. The van der Waals surface area contributed by atoms with Crippen molar-refractivity contribution in [1.29, 1.82) is 0 Å². The molecule has 0 aliphatic heterocycles. The van der Waals surface area contributed by atoms with Crippen molar-refractivity contribution in [2.45, 2.75) is 19.8 Å². The molecule has 31 heavy (non-hydrogen) atoms. The molecule has 2 aromatic heterocycles. The normalized spacial score (nSPS) is 10.3. The van der Waals surface area contributed by atoms with Crippen molar-refractivity contribution in [2.75, 3.05) is 13.2 Å². The Bertz CT molecular complexity index is 1030. The lowest BCUT2D eigenvalue weighted by Crippen LogP contribution is -2.03. The van der Waals surface area contributed by atoms with Gasteiger partial charge in [0.2, 0.25) is 24.4 Å². The van der Waals surface area contributed by atoms with Crippen molar-refractivity contribution in [1.82, 2.24) is 20.3 Å². The predicted octanol–water partition coefficient (Wildman–Crippen LogP) is 3.11. The van der Waals surface area contributed by atoms with Gasteiger partial charge in [0, 0.05) is 31.1 Å². The van der Waals surface area contributed by atoms with Crippen LogP contribution < -0.4 is 0 Å². The Kier molecular flexibility index (Phi) is 8.01. The zero-order chi connectivity index (χ0) is 21.9. The Balaban J connectivity index is 0.000000179. The van der Waals surface area contributed by atoms with Gasteiger partial charge in [-0.25, -0.2) is 0 Å². The number of esters is 1. The molecule has 0 fully saturated rings. The van der Waals surface area contributed by atoms with Crippen LogP contribution in [-0.4, -0.2) is 44.6 Å². The van der Waals surface area contributed by atoms with E-state index in [0.29, 0.717) is 31.1 Å². The van der Waals surface area contributed by atoms with E-state index in [9.17, 15) is 4.79 Å². The maximum absolute atomic E-state index is 10.6. The van der Waals surface area contributed by atoms with E-state index in [1.54, 1.807) is 0 Å². The van der Waals surface area contributed by atoms with Crippen molar-refractivity contribution < 1.29 is 23.7 Å². The van der Waals surface area contributed by atoms with Crippen LogP contribution in [0.4, 0.5) is 0 Å². The second kappa shape index (κ2) is 11.4. The third-order valence-electron chi connectivity index (χ3n) is 4.24. The van der Waals surface area contributed by atoms with Gasteiger partial charge in [-0.05, 0) is 17.5 Å². The van der Waals surface area contributed by atoms with Gasteiger partial charge < -0.3 is 18.9 Å². The fourth-order valence-electron chi connectivity index (χ4n) is 2.68. The van der Waals surface area contributed by atoms with E-state index < -0.39 is 0 Å². The Morgan fingerprint density at radius 3 is 1.71 bits per heavy atom. The number of aliphatic hydroxyl groups excluding tert-OH is 1. The number of hydrogen-bond donors (Lipinski definition) is 1. The second-order valence-corrected chi connectivity index (χ2v) is 6.47. The third kappa shape index (κ3) is 6.86. The zero-order valence-electron chi connectivity index (χ0n) is 17.0. The highest BCUT2D eigenvalue weighted by Gasteiger charge is 2.03. The van der Waals surface area contributed by atoms with Crippen LogP contribution in [0.25, 0.3) is 22.8 Å². The molecule has 0 radical (unpaired) electrons. The van der Waals surface area contributed by atoms with Crippen molar-refractivity contribution >= 4 is 5.97 Å². The van der Waals surface area contributed by atoms with Gasteiger partial charge in [-0.2, -0.15) is 9.97 Å². The summed E-state index contributed by atoms with van der Waals surface area (Å²) in [6, 6.07) is 15.4. The van der Waals surface area contributed by atoms with Crippen molar-refractivity contribution in [3.8, 4) is 22.8 Å². The molecule has 0 saturated carbocycles. The summed E-state index contributed by atoms with van der Waals surface area (Å²) in [6.45, 7) is 1.97. The predicted molar refractivity (Wildman–Crippen MR) is 111 cm³/mol. The van der Waals surface area contributed by atoms with Gasteiger partial charge in [-0.1, -0.05) is 58.8 Å². The summed E-state index contributed by atoms with van der Waals surface area (Å²) in [7, 11) is 0. The molecule has 160 valence electrons. The van der Waals surface area contributed by atoms with E-state index in [2.05, 4.69) is 29.3 Å². The van der Waals surface area contributed by atoms with Gasteiger partial charge in [0.1, 0.15) is 0 Å². The molecule has 9 heteroatoms. The minimum Gasteiger partial charge on any atom is -0.466 e. The lowest BCUT2D eigenvalue weighted by atomic mass is 10.1. The first-order valence-corrected chi connectivity index (χ1v) is 9.61. The molecular weight excluding hydrogens is 400 g/mol. The average molecular weight is 422 g/mol. The summed E-state index contributed by atoms with van der Waals surface area (Å²) in [6.07, 6.45) is 3.97. The highest BCUT2D eigenvalue weighted by atomic mass is 16.5. The van der Waals surface area contributed by atoms with Crippen LogP contribution in [0.5, 0.6) is 0 Å². The summed E-state index contributed by atoms with van der Waals surface area (Å²) in [4.78, 5) is 18.5. The average Bonchev–Trinajstić information content (AvgIpc) is 3.50. The molecule has 0 saturated heterocycles. The van der Waals surface area contributed by atoms with Gasteiger partial charge in [0.25, 0.3) is 0 Å². The molecule has 0 unspecified atom stereocenters. The van der Waals surface area contributed by atoms with E-state index in [1.165, 1.54) is 19.7 Å². The number of ether oxygens (including phenoxy) is 1. The zero-order valence-corrected chi connectivity index (χ0v) is 17.0.